The Balaban J connectivity index is 2.02. The summed E-state index contributed by atoms with van der Waals surface area (Å²) in [6.07, 6.45) is 6.70. The third kappa shape index (κ3) is 3.22. The van der Waals surface area contributed by atoms with Crippen LogP contribution in [0.25, 0.3) is 0 Å². The van der Waals surface area contributed by atoms with E-state index in [0.717, 1.165) is 24.3 Å². The maximum atomic E-state index is 6.26. The van der Waals surface area contributed by atoms with Crippen molar-refractivity contribution in [2.75, 3.05) is 19.6 Å². The van der Waals surface area contributed by atoms with Crippen LogP contribution >= 0.6 is 0 Å². The minimum Gasteiger partial charge on any atom is -0.329 e. The van der Waals surface area contributed by atoms with Crippen molar-refractivity contribution in [3.63, 3.8) is 0 Å². The molecule has 0 radical (unpaired) electrons. The number of piperidine rings is 1. The summed E-state index contributed by atoms with van der Waals surface area (Å²) in [5.41, 5.74) is 7.04. The van der Waals surface area contributed by atoms with Gasteiger partial charge in [-0.1, -0.05) is 34.6 Å². The summed E-state index contributed by atoms with van der Waals surface area (Å²) in [6.45, 7) is 15.4. The second kappa shape index (κ2) is 5.96. The minimum absolute atomic E-state index is 0.316. The zero-order valence-corrected chi connectivity index (χ0v) is 14.4. The van der Waals surface area contributed by atoms with Crippen molar-refractivity contribution in [1.82, 2.24) is 4.90 Å². The predicted octanol–water partition coefficient (Wildman–Crippen LogP) is 3.90. The number of rotatable bonds is 2. The molecule has 1 aliphatic heterocycles. The fraction of sp³-hybridized carbons (Fsp3) is 1.00. The molecule has 20 heavy (non-hydrogen) atoms. The van der Waals surface area contributed by atoms with E-state index in [1.807, 2.05) is 0 Å². The van der Waals surface area contributed by atoms with Crippen molar-refractivity contribution in [3.8, 4) is 0 Å². The molecule has 2 aliphatic rings. The monoisotopic (exact) mass is 280 g/mol. The molecule has 0 bridgehead atoms. The van der Waals surface area contributed by atoms with Crippen LogP contribution in [-0.2, 0) is 0 Å². The first-order chi connectivity index (χ1) is 9.28. The lowest BCUT2D eigenvalue weighted by Gasteiger charge is -2.52. The van der Waals surface area contributed by atoms with Crippen molar-refractivity contribution in [2.45, 2.75) is 72.3 Å². The van der Waals surface area contributed by atoms with Crippen LogP contribution in [-0.4, -0.2) is 30.1 Å². The normalized spacial score (nSPS) is 40.8. The van der Waals surface area contributed by atoms with Gasteiger partial charge in [0.05, 0.1) is 0 Å². The van der Waals surface area contributed by atoms with Gasteiger partial charge < -0.3 is 5.73 Å². The number of nitrogens with two attached hydrogens (primary N) is 1. The van der Waals surface area contributed by atoms with E-state index in [0.29, 0.717) is 11.0 Å². The molecule has 0 amide bonds. The summed E-state index contributed by atoms with van der Waals surface area (Å²) in [7, 11) is 0. The quantitative estimate of drug-likeness (QED) is 0.831. The topological polar surface area (TPSA) is 29.3 Å². The largest absolute Gasteiger partial charge is 0.329 e. The van der Waals surface area contributed by atoms with Crippen LogP contribution in [0.15, 0.2) is 0 Å². The molecule has 118 valence electrons. The lowest BCUT2D eigenvalue weighted by atomic mass is 9.66. The van der Waals surface area contributed by atoms with E-state index in [9.17, 15) is 0 Å². The van der Waals surface area contributed by atoms with Crippen molar-refractivity contribution in [1.29, 1.82) is 0 Å². The van der Waals surface area contributed by atoms with Crippen LogP contribution in [0.4, 0.5) is 0 Å². The predicted molar refractivity (Wildman–Crippen MR) is 87.7 cm³/mol. The summed E-state index contributed by atoms with van der Waals surface area (Å²) in [5, 5.41) is 0. The average Bonchev–Trinajstić information content (AvgIpc) is 2.41. The van der Waals surface area contributed by atoms with Crippen molar-refractivity contribution in [3.05, 3.63) is 0 Å². The molecule has 1 saturated heterocycles. The molecule has 0 spiro atoms. The van der Waals surface area contributed by atoms with Crippen LogP contribution in [0.3, 0.4) is 0 Å². The average molecular weight is 280 g/mol. The Kier molecular flexibility index (Phi) is 4.86. The fourth-order valence-electron chi connectivity index (χ4n) is 4.36. The molecule has 2 heteroatoms. The Morgan fingerprint density at radius 3 is 2.10 bits per heavy atom. The maximum absolute atomic E-state index is 6.26. The zero-order valence-electron chi connectivity index (χ0n) is 14.4. The molecular formula is C18H36N2. The molecule has 0 aromatic rings. The molecule has 1 aliphatic carbocycles. The summed E-state index contributed by atoms with van der Waals surface area (Å²) >= 11 is 0. The first-order valence-corrected chi connectivity index (χ1v) is 8.73. The molecule has 2 rings (SSSR count). The van der Waals surface area contributed by atoms with Crippen LogP contribution in [0, 0.1) is 23.2 Å². The van der Waals surface area contributed by atoms with Gasteiger partial charge in [0.1, 0.15) is 0 Å². The lowest BCUT2D eigenvalue weighted by molar-refractivity contribution is -0.0142. The summed E-state index contributed by atoms with van der Waals surface area (Å²) in [5.74, 6) is 2.59. The van der Waals surface area contributed by atoms with Gasteiger partial charge in [-0.2, -0.15) is 0 Å². The molecule has 2 fully saturated rings. The molecule has 0 aromatic carbocycles. The Labute approximate surface area is 126 Å². The first-order valence-electron chi connectivity index (χ1n) is 8.73. The minimum atomic E-state index is 0.316. The van der Waals surface area contributed by atoms with E-state index in [1.54, 1.807) is 0 Å². The second-order valence-corrected chi connectivity index (χ2v) is 8.76. The molecule has 1 saturated carbocycles. The van der Waals surface area contributed by atoms with Gasteiger partial charge in [0, 0.05) is 18.6 Å². The van der Waals surface area contributed by atoms with E-state index in [2.05, 4.69) is 39.5 Å². The number of likely N-dealkylation sites (tertiary alicyclic amines) is 1. The van der Waals surface area contributed by atoms with Crippen molar-refractivity contribution in [2.24, 2.45) is 28.9 Å². The van der Waals surface area contributed by atoms with Gasteiger partial charge in [-0.25, -0.2) is 0 Å². The number of nitrogens with zero attached hydrogens (tertiary/aromatic N) is 1. The molecule has 2 nitrogen and oxygen atoms in total. The van der Waals surface area contributed by atoms with E-state index < -0.39 is 0 Å². The number of hydrogen-bond donors (Lipinski definition) is 1. The van der Waals surface area contributed by atoms with E-state index in [-0.39, 0.29) is 0 Å². The van der Waals surface area contributed by atoms with E-state index >= 15 is 0 Å². The zero-order chi connectivity index (χ0) is 15.0. The molecule has 2 unspecified atom stereocenters. The highest BCUT2D eigenvalue weighted by atomic mass is 15.2. The maximum Gasteiger partial charge on any atom is 0.0332 e. The number of hydrogen-bond acceptors (Lipinski definition) is 2. The molecule has 2 N–H and O–H groups in total. The molecule has 1 heterocycles. The van der Waals surface area contributed by atoms with E-state index in [1.165, 1.54) is 45.2 Å². The van der Waals surface area contributed by atoms with Gasteiger partial charge in [0.25, 0.3) is 0 Å². The third-order valence-corrected chi connectivity index (χ3v) is 6.53. The first kappa shape index (κ1) is 16.3. The highest BCUT2D eigenvalue weighted by Crippen LogP contribution is 2.44. The van der Waals surface area contributed by atoms with Crippen LogP contribution in [0.1, 0.15) is 66.7 Å². The van der Waals surface area contributed by atoms with Crippen molar-refractivity contribution >= 4 is 0 Å². The summed E-state index contributed by atoms with van der Waals surface area (Å²) < 4.78 is 0. The van der Waals surface area contributed by atoms with Gasteiger partial charge in [0.15, 0.2) is 0 Å². The lowest BCUT2D eigenvalue weighted by Crippen LogP contribution is -2.59. The van der Waals surface area contributed by atoms with Crippen LogP contribution in [0.5, 0.6) is 0 Å². The Morgan fingerprint density at radius 1 is 1.05 bits per heavy atom. The van der Waals surface area contributed by atoms with Gasteiger partial charge in [-0.05, 0) is 61.8 Å². The molecular weight excluding hydrogens is 244 g/mol. The Bertz CT molecular complexity index is 310. The van der Waals surface area contributed by atoms with Crippen molar-refractivity contribution < 1.29 is 0 Å². The molecule has 2 atom stereocenters. The SMILES string of the molecule is CC1CCN(C2(CN)CCC(C(C)(C)C)CC2)CC1C. The molecule has 0 aromatic heterocycles. The third-order valence-electron chi connectivity index (χ3n) is 6.53. The standard InChI is InChI=1S/C18H36N2/c1-14-8-11-20(12-15(14)2)18(13-19)9-6-16(7-10-18)17(3,4)5/h14-16H,6-13,19H2,1-5H3. The van der Waals surface area contributed by atoms with Gasteiger partial charge in [-0.15, -0.1) is 0 Å². The Morgan fingerprint density at radius 2 is 1.65 bits per heavy atom. The van der Waals surface area contributed by atoms with Crippen LogP contribution < -0.4 is 5.73 Å². The fourth-order valence-corrected chi connectivity index (χ4v) is 4.36. The highest BCUT2D eigenvalue weighted by molar-refractivity contribution is 4.99. The van der Waals surface area contributed by atoms with Gasteiger partial charge in [0.2, 0.25) is 0 Å². The Hall–Kier alpha value is -0.0800. The summed E-state index contributed by atoms with van der Waals surface area (Å²) in [4.78, 5) is 2.76. The van der Waals surface area contributed by atoms with Crippen LogP contribution in [0.2, 0.25) is 0 Å². The second-order valence-electron chi connectivity index (χ2n) is 8.76. The van der Waals surface area contributed by atoms with E-state index in [4.69, 9.17) is 5.73 Å². The van der Waals surface area contributed by atoms with Gasteiger partial charge in [-0.3, -0.25) is 4.90 Å². The summed E-state index contributed by atoms with van der Waals surface area (Å²) in [6, 6.07) is 0. The van der Waals surface area contributed by atoms with Gasteiger partial charge >= 0.3 is 0 Å². The smallest absolute Gasteiger partial charge is 0.0332 e. The highest BCUT2D eigenvalue weighted by Gasteiger charge is 2.43.